The second-order valence-corrected chi connectivity index (χ2v) is 6.26. The van der Waals surface area contributed by atoms with Gasteiger partial charge >= 0.3 is 0 Å². The molecule has 0 spiro atoms. The number of hydrogen-bond acceptors (Lipinski definition) is 3. The highest BCUT2D eigenvalue weighted by Gasteiger charge is 2.34. The number of aryl methyl sites for hydroxylation is 1. The number of ketones is 1. The standard InChI is InChI=1S/C17H23NO2/c1-11-6-12(10-16(7-11)20-2)17(19)13-8-14-4-3-5-15(9-13)18-14/h6-7,10,13-15,18H,3-5,8-9H2,1-2H3. The fraction of sp³-hybridized carbons (Fsp3) is 0.588. The van der Waals surface area contributed by atoms with Crippen LogP contribution in [0.3, 0.4) is 0 Å². The van der Waals surface area contributed by atoms with E-state index in [0.717, 1.165) is 29.7 Å². The summed E-state index contributed by atoms with van der Waals surface area (Å²) in [7, 11) is 1.65. The summed E-state index contributed by atoms with van der Waals surface area (Å²) in [6.07, 6.45) is 5.73. The minimum absolute atomic E-state index is 0.179. The maximum atomic E-state index is 12.8. The van der Waals surface area contributed by atoms with E-state index >= 15 is 0 Å². The summed E-state index contributed by atoms with van der Waals surface area (Å²) in [4.78, 5) is 12.8. The van der Waals surface area contributed by atoms with Crippen LogP contribution in [0.4, 0.5) is 0 Å². The van der Waals surface area contributed by atoms with Crippen molar-refractivity contribution in [2.45, 2.75) is 51.1 Å². The number of piperidine rings is 2. The molecule has 2 unspecified atom stereocenters. The number of Topliss-reactive ketones (excluding diaryl/α,β-unsaturated/α-hetero) is 1. The van der Waals surface area contributed by atoms with Gasteiger partial charge in [-0.1, -0.05) is 6.42 Å². The molecule has 3 heteroatoms. The Balaban J connectivity index is 1.80. The molecule has 1 aromatic rings. The van der Waals surface area contributed by atoms with Crippen LogP contribution in [0.2, 0.25) is 0 Å². The number of carbonyl (C=O) groups is 1. The molecule has 0 saturated carbocycles. The normalized spacial score (nSPS) is 29.0. The van der Waals surface area contributed by atoms with Crippen LogP contribution in [0.1, 0.15) is 48.0 Å². The molecule has 2 heterocycles. The summed E-state index contributed by atoms with van der Waals surface area (Å²) in [6, 6.07) is 6.93. The highest BCUT2D eigenvalue weighted by Crippen LogP contribution is 2.32. The van der Waals surface area contributed by atoms with E-state index in [1.54, 1.807) is 7.11 Å². The summed E-state index contributed by atoms with van der Waals surface area (Å²) in [5.74, 6) is 1.26. The van der Waals surface area contributed by atoms with Crippen LogP contribution >= 0.6 is 0 Å². The van der Waals surface area contributed by atoms with Crippen molar-refractivity contribution in [1.29, 1.82) is 0 Å². The number of nitrogens with one attached hydrogen (secondary N) is 1. The van der Waals surface area contributed by atoms with Gasteiger partial charge in [0.15, 0.2) is 5.78 Å². The minimum Gasteiger partial charge on any atom is -0.497 e. The number of fused-ring (bicyclic) bond motifs is 2. The Kier molecular flexibility index (Phi) is 3.79. The molecule has 2 fully saturated rings. The van der Waals surface area contributed by atoms with E-state index in [4.69, 9.17) is 4.74 Å². The third kappa shape index (κ3) is 2.73. The van der Waals surface area contributed by atoms with Crippen molar-refractivity contribution in [3.05, 3.63) is 29.3 Å². The molecule has 3 rings (SSSR count). The average Bonchev–Trinajstić information content (AvgIpc) is 2.45. The van der Waals surface area contributed by atoms with Gasteiger partial charge in [0.2, 0.25) is 0 Å². The van der Waals surface area contributed by atoms with Gasteiger partial charge in [0.05, 0.1) is 7.11 Å². The van der Waals surface area contributed by atoms with Crippen LogP contribution in [-0.2, 0) is 0 Å². The Morgan fingerprint density at radius 1 is 1.20 bits per heavy atom. The molecular weight excluding hydrogens is 250 g/mol. The maximum Gasteiger partial charge on any atom is 0.166 e. The summed E-state index contributed by atoms with van der Waals surface area (Å²) in [6.45, 7) is 2.01. The first-order chi connectivity index (χ1) is 9.65. The Morgan fingerprint density at radius 2 is 1.90 bits per heavy atom. The van der Waals surface area contributed by atoms with E-state index in [1.165, 1.54) is 19.3 Å². The second kappa shape index (κ2) is 5.57. The summed E-state index contributed by atoms with van der Waals surface area (Å²) >= 11 is 0. The average molecular weight is 273 g/mol. The van der Waals surface area contributed by atoms with E-state index in [0.29, 0.717) is 17.9 Å². The van der Waals surface area contributed by atoms with Gasteiger partial charge in [-0.2, -0.15) is 0 Å². The molecule has 2 atom stereocenters. The Hall–Kier alpha value is -1.35. The molecule has 0 radical (unpaired) electrons. The van der Waals surface area contributed by atoms with Gasteiger partial charge in [-0.05, 0) is 56.4 Å². The van der Waals surface area contributed by atoms with Gasteiger partial charge in [-0.3, -0.25) is 4.79 Å². The van der Waals surface area contributed by atoms with Crippen molar-refractivity contribution in [2.75, 3.05) is 7.11 Å². The van der Waals surface area contributed by atoms with Gasteiger partial charge in [0, 0.05) is 23.6 Å². The number of methoxy groups -OCH3 is 1. The van der Waals surface area contributed by atoms with E-state index in [-0.39, 0.29) is 5.92 Å². The summed E-state index contributed by atoms with van der Waals surface area (Å²) in [5, 5.41) is 3.65. The van der Waals surface area contributed by atoms with Gasteiger partial charge in [-0.25, -0.2) is 0 Å². The fourth-order valence-electron chi connectivity index (χ4n) is 3.72. The number of benzene rings is 1. The number of hydrogen-bond donors (Lipinski definition) is 1. The van der Waals surface area contributed by atoms with E-state index < -0.39 is 0 Å². The van der Waals surface area contributed by atoms with Crippen molar-refractivity contribution in [3.63, 3.8) is 0 Å². The Labute approximate surface area is 120 Å². The van der Waals surface area contributed by atoms with Crippen molar-refractivity contribution in [3.8, 4) is 5.75 Å². The number of carbonyl (C=O) groups excluding carboxylic acids is 1. The van der Waals surface area contributed by atoms with Gasteiger partial charge in [-0.15, -0.1) is 0 Å². The first kappa shape index (κ1) is 13.6. The molecule has 3 nitrogen and oxygen atoms in total. The first-order valence-corrected chi connectivity index (χ1v) is 7.61. The molecule has 2 bridgehead atoms. The lowest BCUT2D eigenvalue weighted by molar-refractivity contribution is 0.0824. The monoisotopic (exact) mass is 273 g/mol. The lowest BCUT2D eigenvalue weighted by Gasteiger charge is -2.39. The molecular formula is C17H23NO2. The smallest absolute Gasteiger partial charge is 0.166 e. The lowest BCUT2D eigenvalue weighted by atomic mass is 9.77. The molecule has 0 amide bonds. The third-order valence-electron chi connectivity index (χ3n) is 4.66. The van der Waals surface area contributed by atoms with E-state index in [9.17, 15) is 4.79 Å². The van der Waals surface area contributed by atoms with Crippen molar-refractivity contribution < 1.29 is 9.53 Å². The van der Waals surface area contributed by atoms with Crippen LogP contribution in [-0.4, -0.2) is 25.0 Å². The molecule has 2 saturated heterocycles. The van der Waals surface area contributed by atoms with Crippen molar-refractivity contribution in [1.82, 2.24) is 5.32 Å². The highest BCUT2D eigenvalue weighted by atomic mass is 16.5. The minimum atomic E-state index is 0.179. The number of rotatable bonds is 3. The zero-order valence-corrected chi connectivity index (χ0v) is 12.3. The maximum absolute atomic E-state index is 12.8. The van der Waals surface area contributed by atoms with Gasteiger partial charge in [0.1, 0.15) is 5.75 Å². The molecule has 2 aliphatic heterocycles. The van der Waals surface area contributed by atoms with E-state index in [1.807, 2.05) is 25.1 Å². The highest BCUT2D eigenvalue weighted by molar-refractivity contribution is 5.98. The molecule has 0 aliphatic carbocycles. The Bertz CT molecular complexity index is 500. The van der Waals surface area contributed by atoms with Crippen molar-refractivity contribution in [2.24, 2.45) is 5.92 Å². The zero-order chi connectivity index (χ0) is 14.1. The first-order valence-electron chi connectivity index (χ1n) is 7.61. The quantitative estimate of drug-likeness (QED) is 0.860. The topological polar surface area (TPSA) is 38.3 Å². The van der Waals surface area contributed by atoms with Crippen LogP contribution in [0.25, 0.3) is 0 Å². The summed E-state index contributed by atoms with van der Waals surface area (Å²) < 4.78 is 5.28. The zero-order valence-electron chi connectivity index (χ0n) is 12.3. The predicted molar refractivity (Wildman–Crippen MR) is 79.3 cm³/mol. The molecule has 0 aromatic heterocycles. The summed E-state index contributed by atoms with van der Waals surface area (Å²) in [5.41, 5.74) is 1.90. The van der Waals surface area contributed by atoms with Gasteiger partial charge in [0.25, 0.3) is 0 Å². The lowest BCUT2D eigenvalue weighted by Crippen LogP contribution is -2.50. The Morgan fingerprint density at radius 3 is 2.55 bits per heavy atom. The van der Waals surface area contributed by atoms with Crippen molar-refractivity contribution >= 4 is 5.78 Å². The van der Waals surface area contributed by atoms with Crippen LogP contribution in [0.5, 0.6) is 5.75 Å². The molecule has 1 N–H and O–H groups in total. The largest absolute Gasteiger partial charge is 0.497 e. The molecule has 1 aromatic carbocycles. The molecule has 20 heavy (non-hydrogen) atoms. The number of ether oxygens (including phenoxy) is 1. The van der Waals surface area contributed by atoms with Crippen LogP contribution in [0, 0.1) is 12.8 Å². The van der Waals surface area contributed by atoms with E-state index in [2.05, 4.69) is 5.32 Å². The molecule has 2 aliphatic rings. The van der Waals surface area contributed by atoms with Crippen LogP contribution in [0.15, 0.2) is 18.2 Å². The second-order valence-electron chi connectivity index (χ2n) is 6.26. The predicted octanol–water partition coefficient (Wildman–Crippen LogP) is 3.11. The molecule has 108 valence electrons. The van der Waals surface area contributed by atoms with Gasteiger partial charge < -0.3 is 10.1 Å². The van der Waals surface area contributed by atoms with Crippen LogP contribution < -0.4 is 10.1 Å². The fourth-order valence-corrected chi connectivity index (χ4v) is 3.72. The third-order valence-corrected chi connectivity index (χ3v) is 4.66. The SMILES string of the molecule is COc1cc(C)cc(C(=O)C2CC3CCCC(C2)N3)c1.